The lowest BCUT2D eigenvalue weighted by atomic mass is 10.2. The Kier molecular flexibility index (Phi) is 22.6. The minimum absolute atomic E-state index is 0.00200. The Bertz CT molecular complexity index is 962. The molecule has 1 saturated heterocycles. The highest BCUT2D eigenvalue weighted by atomic mass is 32.2. The summed E-state index contributed by atoms with van der Waals surface area (Å²) in [4.78, 5) is 58.7. The van der Waals surface area contributed by atoms with Crippen LogP contribution in [0.3, 0.4) is 0 Å². The first-order valence-corrected chi connectivity index (χ1v) is 16.3. The topological polar surface area (TPSA) is 157 Å². The normalized spacial score (nSPS) is 16.3. The number of nitrogens with zero attached hydrogens (tertiary/aromatic N) is 1. The SMILES string of the molecule is CCC.CCCC(C)NC(=O)CCCC(=O)O.CSc1ccc(CNC(=O)CN2CC(NC(=O)CNC=O)CC2C)cc1. The molecule has 2 rings (SSSR count). The van der Waals surface area contributed by atoms with Crippen molar-refractivity contribution in [2.24, 2.45) is 0 Å². The van der Waals surface area contributed by atoms with Gasteiger partial charge in [-0.15, -0.1) is 11.8 Å². The number of benzene rings is 1. The summed E-state index contributed by atoms with van der Waals surface area (Å²) in [6, 6.07) is 8.52. The number of amides is 4. The molecule has 1 aromatic carbocycles. The molecule has 0 radical (unpaired) electrons. The van der Waals surface area contributed by atoms with Crippen molar-refractivity contribution in [1.29, 1.82) is 0 Å². The van der Waals surface area contributed by atoms with Crippen LogP contribution in [0.4, 0.5) is 0 Å². The second-order valence-electron chi connectivity index (χ2n) is 10.6. The Hall–Kier alpha value is -3.12. The Balaban J connectivity index is 0.000000876. The van der Waals surface area contributed by atoms with Crippen molar-refractivity contribution in [1.82, 2.24) is 26.2 Å². The van der Waals surface area contributed by atoms with Gasteiger partial charge >= 0.3 is 5.97 Å². The highest BCUT2D eigenvalue weighted by Gasteiger charge is 2.31. The molecule has 3 atom stereocenters. The molecule has 1 aliphatic heterocycles. The zero-order chi connectivity index (χ0) is 32.6. The summed E-state index contributed by atoms with van der Waals surface area (Å²) >= 11 is 1.69. The summed E-state index contributed by atoms with van der Waals surface area (Å²) in [5, 5.41) is 19.4. The maximum Gasteiger partial charge on any atom is 0.303 e. The van der Waals surface area contributed by atoms with Crippen LogP contribution < -0.4 is 21.3 Å². The fraction of sp³-hybridized carbons (Fsp3) is 0.645. The van der Waals surface area contributed by atoms with Gasteiger partial charge in [0.2, 0.25) is 24.1 Å². The van der Waals surface area contributed by atoms with E-state index in [0.29, 0.717) is 38.9 Å². The van der Waals surface area contributed by atoms with Crippen molar-refractivity contribution in [3.05, 3.63) is 29.8 Å². The third-order valence-corrected chi connectivity index (χ3v) is 7.08. The van der Waals surface area contributed by atoms with Crippen LogP contribution in [-0.2, 0) is 30.5 Å². The standard InChI is InChI=1S/C18H26N4O3S.C10H19NO3.C3H8/c1-13-7-15(21-17(24)9-19-12-23)10-22(13)11-18(25)20-8-14-3-5-16(26-2)6-4-14;1-3-5-8(2)11-9(12)6-4-7-10(13)14;1-3-2/h3-6,12-13,15H,7-11H2,1-2H3,(H,19,23)(H,20,25)(H,21,24);8H,3-7H2,1-2H3,(H,11,12)(H,13,14);3H2,1-2H3. The van der Waals surface area contributed by atoms with Crippen molar-refractivity contribution >= 4 is 41.9 Å². The van der Waals surface area contributed by atoms with Gasteiger partial charge in [0, 0.05) is 49.0 Å². The molecule has 0 spiro atoms. The number of thioether (sulfide) groups is 1. The lowest BCUT2D eigenvalue weighted by Gasteiger charge is -2.20. The summed E-state index contributed by atoms with van der Waals surface area (Å²) in [5.41, 5.74) is 1.07. The van der Waals surface area contributed by atoms with Crippen molar-refractivity contribution in [3.63, 3.8) is 0 Å². The van der Waals surface area contributed by atoms with E-state index in [4.69, 9.17) is 5.11 Å². The van der Waals surface area contributed by atoms with E-state index >= 15 is 0 Å². The van der Waals surface area contributed by atoms with Crippen LogP contribution in [0.25, 0.3) is 0 Å². The number of carboxylic acid groups (broad SMARTS) is 1. The molecule has 244 valence electrons. The van der Waals surface area contributed by atoms with Crippen molar-refractivity contribution in [2.45, 2.75) is 109 Å². The van der Waals surface area contributed by atoms with E-state index in [2.05, 4.69) is 46.9 Å². The van der Waals surface area contributed by atoms with E-state index in [1.54, 1.807) is 11.8 Å². The van der Waals surface area contributed by atoms with Crippen molar-refractivity contribution < 1.29 is 29.1 Å². The summed E-state index contributed by atoms with van der Waals surface area (Å²) < 4.78 is 0. The Morgan fingerprint density at radius 1 is 1.07 bits per heavy atom. The number of hydrogen-bond donors (Lipinski definition) is 5. The maximum absolute atomic E-state index is 12.2. The number of likely N-dealkylation sites (tertiary alicyclic amines) is 1. The zero-order valence-electron chi connectivity index (χ0n) is 26.7. The Labute approximate surface area is 261 Å². The predicted molar refractivity (Wildman–Crippen MR) is 172 cm³/mol. The third kappa shape index (κ3) is 20.4. The molecule has 1 aliphatic rings. The molecular weight excluding hydrogens is 570 g/mol. The van der Waals surface area contributed by atoms with Gasteiger partial charge in [0.25, 0.3) is 0 Å². The summed E-state index contributed by atoms with van der Waals surface area (Å²) in [7, 11) is 0. The second-order valence-corrected chi connectivity index (χ2v) is 11.5. The van der Waals surface area contributed by atoms with Crippen molar-refractivity contribution in [3.8, 4) is 0 Å². The molecule has 1 aromatic rings. The highest BCUT2D eigenvalue weighted by molar-refractivity contribution is 7.98. The maximum atomic E-state index is 12.2. The number of carbonyl (C=O) groups is 5. The van der Waals surface area contributed by atoms with E-state index in [0.717, 1.165) is 24.8 Å². The van der Waals surface area contributed by atoms with Crippen LogP contribution in [0, 0.1) is 0 Å². The quantitative estimate of drug-likeness (QED) is 0.139. The molecule has 0 bridgehead atoms. The van der Waals surface area contributed by atoms with Gasteiger partial charge in [-0.25, -0.2) is 0 Å². The molecular formula is C31H53N5O6S. The number of rotatable bonds is 16. The van der Waals surface area contributed by atoms with Gasteiger partial charge in [-0.05, 0) is 57.1 Å². The third-order valence-electron chi connectivity index (χ3n) is 6.33. The first-order valence-electron chi connectivity index (χ1n) is 15.1. The summed E-state index contributed by atoms with van der Waals surface area (Å²) in [5.74, 6) is -1.14. The van der Waals surface area contributed by atoms with Crippen LogP contribution >= 0.6 is 11.8 Å². The highest BCUT2D eigenvalue weighted by Crippen LogP contribution is 2.17. The zero-order valence-corrected chi connectivity index (χ0v) is 27.6. The fourth-order valence-corrected chi connectivity index (χ4v) is 4.68. The monoisotopic (exact) mass is 623 g/mol. The number of carbonyl (C=O) groups excluding carboxylic acids is 4. The molecule has 5 N–H and O–H groups in total. The summed E-state index contributed by atoms with van der Waals surface area (Å²) in [6.07, 6.45) is 7.36. The minimum Gasteiger partial charge on any atom is -0.481 e. The Morgan fingerprint density at radius 3 is 2.28 bits per heavy atom. The summed E-state index contributed by atoms with van der Waals surface area (Å²) in [6.45, 7) is 11.7. The first-order chi connectivity index (χ1) is 20.5. The van der Waals surface area contributed by atoms with E-state index in [9.17, 15) is 24.0 Å². The lowest BCUT2D eigenvalue weighted by Crippen LogP contribution is -2.43. The predicted octanol–water partition coefficient (Wildman–Crippen LogP) is 3.31. The molecule has 1 heterocycles. The second kappa shape index (κ2) is 24.3. The average molecular weight is 624 g/mol. The lowest BCUT2D eigenvalue weighted by molar-refractivity contribution is -0.137. The largest absolute Gasteiger partial charge is 0.481 e. The molecule has 12 heteroatoms. The number of aliphatic carboxylic acids is 1. The number of nitrogens with one attached hydrogen (secondary N) is 4. The molecule has 3 unspecified atom stereocenters. The molecule has 0 aliphatic carbocycles. The van der Waals surface area contributed by atoms with Crippen LogP contribution in [-0.4, -0.2) is 84.1 Å². The van der Waals surface area contributed by atoms with Gasteiger partial charge in [-0.1, -0.05) is 45.7 Å². The van der Waals surface area contributed by atoms with Gasteiger partial charge in [-0.2, -0.15) is 0 Å². The van der Waals surface area contributed by atoms with Gasteiger partial charge in [0.15, 0.2) is 0 Å². The molecule has 0 aromatic heterocycles. The number of carboxylic acids is 1. The molecule has 43 heavy (non-hydrogen) atoms. The van der Waals surface area contributed by atoms with Crippen LogP contribution in [0.1, 0.15) is 85.1 Å². The smallest absolute Gasteiger partial charge is 0.303 e. The average Bonchev–Trinajstić information content (AvgIpc) is 3.29. The van der Waals surface area contributed by atoms with Gasteiger partial charge in [-0.3, -0.25) is 28.9 Å². The number of hydrogen-bond acceptors (Lipinski definition) is 7. The minimum atomic E-state index is -0.848. The van der Waals surface area contributed by atoms with E-state index in [1.807, 2.05) is 44.4 Å². The van der Waals surface area contributed by atoms with Gasteiger partial charge in [0.05, 0.1) is 13.1 Å². The van der Waals surface area contributed by atoms with E-state index in [-0.39, 0.29) is 48.8 Å². The fourth-order valence-electron chi connectivity index (χ4n) is 4.27. The van der Waals surface area contributed by atoms with Gasteiger partial charge < -0.3 is 26.4 Å². The van der Waals surface area contributed by atoms with Crippen LogP contribution in [0.15, 0.2) is 29.2 Å². The first kappa shape index (κ1) is 39.9. The van der Waals surface area contributed by atoms with Crippen molar-refractivity contribution in [2.75, 3.05) is 25.9 Å². The van der Waals surface area contributed by atoms with Crippen LogP contribution in [0.2, 0.25) is 0 Å². The Morgan fingerprint density at radius 2 is 1.72 bits per heavy atom. The van der Waals surface area contributed by atoms with Gasteiger partial charge in [0.1, 0.15) is 0 Å². The van der Waals surface area contributed by atoms with E-state index in [1.165, 1.54) is 11.3 Å². The van der Waals surface area contributed by atoms with E-state index < -0.39 is 5.97 Å². The molecule has 1 fully saturated rings. The molecule has 11 nitrogen and oxygen atoms in total. The van der Waals surface area contributed by atoms with Crippen LogP contribution in [0.5, 0.6) is 0 Å². The molecule has 4 amide bonds. The molecule has 0 saturated carbocycles.